The minimum absolute atomic E-state index is 0.195. The third-order valence-electron chi connectivity index (χ3n) is 1.68. The maximum atomic E-state index is 11.1. The quantitative estimate of drug-likeness (QED) is 0.447. The van der Waals surface area contributed by atoms with Gasteiger partial charge in [0.15, 0.2) is 5.69 Å². The van der Waals surface area contributed by atoms with Crippen molar-refractivity contribution in [3.05, 3.63) is 30.7 Å². The van der Waals surface area contributed by atoms with Crippen LogP contribution in [0.1, 0.15) is 16.9 Å². The van der Waals surface area contributed by atoms with E-state index in [-0.39, 0.29) is 5.69 Å². The lowest BCUT2D eigenvalue weighted by molar-refractivity contribution is 0.0593. The number of rotatable bonds is 5. The topological polar surface area (TPSA) is 64.1 Å². The van der Waals surface area contributed by atoms with Crippen LogP contribution in [0.5, 0.6) is 0 Å². The Hall–Kier alpha value is -1.91. The zero-order valence-corrected chi connectivity index (χ0v) is 8.56. The van der Waals surface area contributed by atoms with Crippen molar-refractivity contribution in [2.75, 3.05) is 19.0 Å². The van der Waals surface area contributed by atoms with Gasteiger partial charge in [-0.25, -0.2) is 9.78 Å². The van der Waals surface area contributed by atoms with Gasteiger partial charge in [-0.15, -0.1) is 6.58 Å². The van der Waals surface area contributed by atoms with E-state index in [1.807, 2.05) is 0 Å². The molecule has 1 aromatic rings. The molecule has 0 aliphatic heterocycles. The molecule has 15 heavy (non-hydrogen) atoms. The molecule has 0 saturated heterocycles. The molecule has 0 fully saturated rings. The predicted octanol–water partition coefficient (Wildman–Crippen LogP) is 1.25. The number of aromatic nitrogens is 2. The highest BCUT2D eigenvalue weighted by atomic mass is 16.5. The van der Waals surface area contributed by atoms with Crippen molar-refractivity contribution >= 4 is 11.8 Å². The highest BCUT2D eigenvalue weighted by Gasteiger charge is 2.07. The van der Waals surface area contributed by atoms with Crippen molar-refractivity contribution in [1.29, 1.82) is 0 Å². The molecule has 80 valence electrons. The molecule has 0 atom stereocenters. The van der Waals surface area contributed by atoms with Crippen LogP contribution in [0.25, 0.3) is 0 Å². The fourth-order valence-corrected chi connectivity index (χ4v) is 0.956. The molecule has 5 nitrogen and oxygen atoms in total. The van der Waals surface area contributed by atoms with Gasteiger partial charge in [-0.2, -0.15) is 0 Å². The Bertz CT molecular complexity index is 352. The van der Waals surface area contributed by atoms with Gasteiger partial charge >= 0.3 is 5.97 Å². The van der Waals surface area contributed by atoms with Gasteiger partial charge in [0.1, 0.15) is 5.82 Å². The fraction of sp³-hybridized carbons (Fsp3) is 0.300. The number of esters is 1. The van der Waals surface area contributed by atoms with Gasteiger partial charge in [-0.1, -0.05) is 6.08 Å². The Morgan fingerprint density at radius 2 is 2.47 bits per heavy atom. The smallest absolute Gasteiger partial charge is 0.358 e. The molecule has 1 heterocycles. The number of nitrogens with zero attached hydrogens (tertiary/aromatic N) is 2. The van der Waals surface area contributed by atoms with E-state index in [0.717, 1.165) is 6.42 Å². The molecule has 0 aliphatic rings. The Morgan fingerprint density at radius 3 is 3.13 bits per heavy atom. The van der Waals surface area contributed by atoms with Crippen LogP contribution in [0.4, 0.5) is 5.82 Å². The number of anilines is 1. The predicted molar refractivity (Wildman–Crippen MR) is 56.7 cm³/mol. The van der Waals surface area contributed by atoms with E-state index in [9.17, 15) is 4.79 Å². The van der Waals surface area contributed by atoms with Crippen molar-refractivity contribution in [3.8, 4) is 0 Å². The van der Waals surface area contributed by atoms with Crippen molar-refractivity contribution in [3.63, 3.8) is 0 Å². The molecule has 1 rings (SSSR count). The van der Waals surface area contributed by atoms with Gasteiger partial charge in [0.2, 0.25) is 0 Å². The van der Waals surface area contributed by atoms with Crippen LogP contribution in [0.2, 0.25) is 0 Å². The monoisotopic (exact) mass is 207 g/mol. The first kappa shape index (κ1) is 11.2. The van der Waals surface area contributed by atoms with Crippen molar-refractivity contribution in [1.82, 2.24) is 9.97 Å². The standard InChI is InChI=1S/C10H13N3O2/c1-3-4-5-12-9-7-11-6-8(13-9)10(14)15-2/h3,6-7H,1,4-5H2,2H3,(H,12,13). The van der Waals surface area contributed by atoms with Crippen molar-refractivity contribution in [2.24, 2.45) is 0 Å². The molecule has 0 spiro atoms. The average Bonchev–Trinajstić information content (AvgIpc) is 2.29. The average molecular weight is 207 g/mol. The van der Waals surface area contributed by atoms with Gasteiger partial charge in [-0.3, -0.25) is 4.98 Å². The Labute approximate surface area is 88.2 Å². The molecule has 0 aromatic carbocycles. The van der Waals surface area contributed by atoms with E-state index in [1.165, 1.54) is 13.3 Å². The highest BCUT2D eigenvalue weighted by Crippen LogP contribution is 2.03. The number of carbonyl (C=O) groups excluding carboxylic acids is 1. The lowest BCUT2D eigenvalue weighted by atomic mass is 10.4. The van der Waals surface area contributed by atoms with Crippen LogP contribution in [-0.4, -0.2) is 29.6 Å². The molecule has 5 heteroatoms. The van der Waals surface area contributed by atoms with Gasteiger partial charge in [0.25, 0.3) is 0 Å². The summed E-state index contributed by atoms with van der Waals surface area (Å²) < 4.78 is 4.53. The van der Waals surface area contributed by atoms with E-state index in [4.69, 9.17) is 0 Å². The lowest BCUT2D eigenvalue weighted by Crippen LogP contribution is -2.09. The Morgan fingerprint density at radius 1 is 1.67 bits per heavy atom. The Kier molecular flexibility index (Phi) is 4.28. The first-order chi connectivity index (χ1) is 7.27. The SMILES string of the molecule is C=CCCNc1cncc(C(=O)OC)n1. The van der Waals surface area contributed by atoms with E-state index < -0.39 is 5.97 Å². The first-order valence-corrected chi connectivity index (χ1v) is 4.53. The zero-order chi connectivity index (χ0) is 11.1. The molecule has 0 unspecified atom stereocenters. The van der Waals surface area contributed by atoms with Crippen molar-refractivity contribution in [2.45, 2.75) is 6.42 Å². The van der Waals surface area contributed by atoms with Crippen LogP contribution in [0, 0.1) is 0 Å². The number of ether oxygens (including phenoxy) is 1. The number of nitrogens with one attached hydrogen (secondary N) is 1. The molecule has 0 radical (unpaired) electrons. The number of hydrogen-bond acceptors (Lipinski definition) is 5. The summed E-state index contributed by atoms with van der Waals surface area (Å²) in [6.07, 6.45) is 5.54. The van der Waals surface area contributed by atoms with E-state index >= 15 is 0 Å². The van der Waals surface area contributed by atoms with E-state index in [1.54, 1.807) is 12.3 Å². The number of hydrogen-bond donors (Lipinski definition) is 1. The van der Waals surface area contributed by atoms with Crippen LogP contribution in [-0.2, 0) is 4.74 Å². The Balaban J connectivity index is 2.65. The summed E-state index contributed by atoms with van der Waals surface area (Å²) in [5, 5.41) is 3.01. The van der Waals surface area contributed by atoms with E-state index in [0.29, 0.717) is 12.4 Å². The second-order valence-electron chi connectivity index (χ2n) is 2.79. The zero-order valence-electron chi connectivity index (χ0n) is 8.56. The minimum atomic E-state index is -0.491. The maximum Gasteiger partial charge on any atom is 0.358 e. The molecule has 0 bridgehead atoms. The summed E-state index contributed by atoms with van der Waals surface area (Å²) >= 11 is 0. The van der Waals surface area contributed by atoms with Crippen LogP contribution >= 0.6 is 0 Å². The second kappa shape index (κ2) is 5.74. The fourth-order valence-electron chi connectivity index (χ4n) is 0.956. The summed E-state index contributed by atoms with van der Waals surface area (Å²) in [5.41, 5.74) is 0.195. The summed E-state index contributed by atoms with van der Waals surface area (Å²) in [4.78, 5) is 19.0. The van der Waals surface area contributed by atoms with Crippen LogP contribution in [0.15, 0.2) is 25.0 Å². The summed E-state index contributed by atoms with van der Waals surface area (Å²) in [6.45, 7) is 4.31. The summed E-state index contributed by atoms with van der Waals surface area (Å²) in [5.74, 6) is 0.0645. The highest BCUT2D eigenvalue weighted by molar-refractivity contribution is 5.87. The van der Waals surface area contributed by atoms with Gasteiger partial charge in [-0.05, 0) is 6.42 Å². The molecule has 1 aromatic heterocycles. The lowest BCUT2D eigenvalue weighted by Gasteiger charge is -2.04. The normalized spacial score (nSPS) is 9.40. The first-order valence-electron chi connectivity index (χ1n) is 4.53. The third kappa shape index (κ3) is 3.38. The van der Waals surface area contributed by atoms with Gasteiger partial charge < -0.3 is 10.1 Å². The minimum Gasteiger partial charge on any atom is -0.464 e. The largest absolute Gasteiger partial charge is 0.464 e. The molecular weight excluding hydrogens is 194 g/mol. The molecule has 0 aliphatic carbocycles. The van der Waals surface area contributed by atoms with E-state index in [2.05, 4.69) is 26.6 Å². The van der Waals surface area contributed by atoms with Gasteiger partial charge in [0, 0.05) is 6.54 Å². The van der Waals surface area contributed by atoms with Crippen LogP contribution < -0.4 is 5.32 Å². The molecule has 0 saturated carbocycles. The summed E-state index contributed by atoms with van der Waals surface area (Å²) in [7, 11) is 1.31. The number of methoxy groups -OCH3 is 1. The maximum absolute atomic E-state index is 11.1. The van der Waals surface area contributed by atoms with Gasteiger partial charge in [0.05, 0.1) is 19.5 Å². The van der Waals surface area contributed by atoms with Crippen molar-refractivity contribution < 1.29 is 9.53 Å². The third-order valence-corrected chi connectivity index (χ3v) is 1.68. The summed E-state index contributed by atoms with van der Waals surface area (Å²) in [6, 6.07) is 0. The molecular formula is C10H13N3O2. The molecule has 0 amide bonds. The number of carbonyl (C=O) groups is 1. The molecule has 1 N–H and O–H groups in total. The van der Waals surface area contributed by atoms with Crippen LogP contribution in [0.3, 0.4) is 0 Å². The second-order valence-corrected chi connectivity index (χ2v) is 2.79.